The van der Waals surface area contributed by atoms with Gasteiger partial charge in [0.05, 0.1) is 10.9 Å². The summed E-state index contributed by atoms with van der Waals surface area (Å²) in [6, 6.07) is 22.4. The van der Waals surface area contributed by atoms with E-state index in [1.54, 1.807) is 0 Å². The van der Waals surface area contributed by atoms with E-state index in [1.165, 1.54) is 16.4 Å². The van der Waals surface area contributed by atoms with Gasteiger partial charge in [-0.25, -0.2) is 12.8 Å². The first-order chi connectivity index (χ1) is 15.9. The molecule has 4 rings (SSSR count). The highest BCUT2D eigenvalue weighted by molar-refractivity contribution is 7.89. The van der Waals surface area contributed by atoms with Crippen LogP contribution in [0.3, 0.4) is 0 Å². The number of carbonyl (C=O) groups is 1. The van der Waals surface area contributed by atoms with Crippen LogP contribution in [0, 0.1) is 18.7 Å². The highest BCUT2D eigenvalue weighted by Crippen LogP contribution is 2.28. The molecule has 3 aromatic carbocycles. The molecule has 7 heteroatoms. The summed E-state index contributed by atoms with van der Waals surface area (Å²) in [5.41, 5.74) is 3.12. The molecule has 1 heterocycles. The van der Waals surface area contributed by atoms with Crippen molar-refractivity contribution in [1.82, 2.24) is 9.62 Å². The Bertz CT molecular complexity index is 1210. The zero-order valence-electron chi connectivity index (χ0n) is 18.4. The van der Waals surface area contributed by atoms with Crippen LogP contribution in [-0.4, -0.2) is 31.7 Å². The molecule has 33 heavy (non-hydrogen) atoms. The Morgan fingerprint density at radius 1 is 0.939 bits per heavy atom. The van der Waals surface area contributed by atoms with Crippen molar-refractivity contribution in [2.45, 2.75) is 30.7 Å². The van der Waals surface area contributed by atoms with Gasteiger partial charge in [0.1, 0.15) is 5.82 Å². The van der Waals surface area contributed by atoms with E-state index in [0.717, 1.165) is 28.8 Å². The Balaban J connectivity index is 1.46. The second-order valence-corrected chi connectivity index (χ2v) is 10.3. The Kier molecular flexibility index (Phi) is 6.91. The van der Waals surface area contributed by atoms with Crippen LogP contribution in [0.1, 0.15) is 35.6 Å². The fraction of sp³-hybridized carbons (Fsp3) is 0.269. The van der Waals surface area contributed by atoms with Crippen LogP contribution in [0.15, 0.2) is 83.8 Å². The van der Waals surface area contributed by atoms with Crippen LogP contribution in [0.4, 0.5) is 4.39 Å². The van der Waals surface area contributed by atoms with Crippen molar-refractivity contribution in [3.05, 3.63) is 101 Å². The van der Waals surface area contributed by atoms with Crippen molar-refractivity contribution in [3.8, 4) is 0 Å². The normalized spacial score (nSPS) is 16.3. The molecule has 0 bridgehead atoms. The lowest BCUT2D eigenvalue weighted by Gasteiger charge is -2.32. The number of amides is 1. The topological polar surface area (TPSA) is 66.5 Å². The average molecular weight is 467 g/mol. The van der Waals surface area contributed by atoms with Crippen LogP contribution in [-0.2, 0) is 14.8 Å². The monoisotopic (exact) mass is 466 g/mol. The molecule has 1 amide bonds. The van der Waals surface area contributed by atoms with Gasteiger partial charge >= 0.3 is 0 Å². The zero-order chi connectivity index (χ0) is 23.4. The highest BCUT2D eigenvalue weighted by atomic mass is 32.2. The van der Waals surface area contributed by atoms with Crippen molar-refractivity contribution in [2.24, 2.45) is 5.92 Å². The van der Waals surface area contributed by atoms with Gasteiger partial charge in [0.2, 0.25) is 15.9 Å². The second-order valence-electron chi connectivity index (χ2n) is 8.34. The zero-order valence-corrected chi connectivity index (χ0v) is 19.3. The lowest BCUT2D eigenvalue weighted by Crippen LogP contribution is -2.43. The number of hydrogen-bond donors (Lipinski definition) is 1. The molecule has 172 valence electrons. The number of sulfonamides is 1. The third kappa shape index (κ3) is 5.15. The van der Waals surface area contributed by atoms with E-state index in [-0.39, 0.29) is 35.9 Å². The van der Waals surface area contributed by atoms with Crippen molar-refractivity contribution in [1.29, 1.82) is 0 Å². The summed E-state index contributed by atoms with van der Waals surface area (Å²) in [7, 11) is -3.71. The molecule has 5 nitrogen and oxygen atoms in total. The predicted octanol–water partition coefficient (Wildman–Crippen LogP) is 4.44. The molecule has 1 atom stereocenters. The van der Waals surface area contributed by atoms with Crippen molar-refractivity contribution < 1.29 is 17.6 Å². The summed E-state index contributed by atoms with van der Waals surface area (Å²) in [5.74, 6) is -0.836. The van der Waals surface area contributed by atoms with Crippen LogP contribution in [0.5, 0.6) is 0 Å². The van der Waals surface area contributed by atoms with E-state index in [1.807, 2.05) is 61.5 Å². The Labute approximate surface area is 194 Å². The quantitative estimate of drug-likeness (QED) is 0.584. The molecule has 1 aliphatic rings. The predicted molar refractivity (Wildman–Crippen MR) is 125 cm³/mol. The number of benzene rings is 3. The number of piperidine rings is 1. The van der Waals surface area contributed by atoms with E-state index in [0.29, 0.717) is 12.8 Å². The Morgan fingerprint density at radius 3 is 2.18 bits per heavy atom. The summed E-state index contributed by atoms with van der Waals surface area (Å²) in [4.78, 5) is 13.3. The number of aryl methyl sites for hydroxylation is 1. The fourth-order valence-electron chi connectivity index (χ4n) is 4.27. The van der Waals surface area contributed by atoms with Crippen LogP contribution in [0.2, 0.25) is 0 Å². The molecule has 0 unspecified atom stereocenters. The number of nitrogens with zero attached hydrogens (tertiary/aromatic N) is 1. The van der Waals surface area contributed by atoms with E-state index in [4.69, 9.17) is 0 Å². The molecule has 1 aliphatic heterocycles. The summed E-state index contributed by atoms with van der Waals surface area (Å²) in [5, 5.41) is 3.20. The molecule has 0 aromatic heterocycles. The third-order valence-corrected chi connectivity index (χ3v) is 8.11. The molecule has 0 spiro atoms. The SMILES string of the molecule is Cc1ccccc1[C@H](NC(=O)C1CCN(S(=O)(=O)c2ccc(F)cc2)CC1)c1ccccc1. The molecular weight excluding hydrogens is 439 g/mol. The summed E-state index contributed by atoms with van der Waals surface area (Å²) < 4.78 is 40.3. The van der Waals surface area contributed by atoms with Gasteiger partial charge in [-0.05, 0) is 60.7 Å². The van der Waals surface area contributed by atoms with Gasteiger partial charge < -0.3 is 5.32 Å². The van der Waals surface area contributed by atoms with E-state index in [9.17, 15) is 17.6 Å². The van der Waals surface area contributed by atoms with Crippen LogP contribution < -0.4 is 5.32 Å². The molecule has 1 saturated heterocycles. The van der Waals surface area contributed by atoms with Gasteiger partial charge in [0.25, 0.3) is 0 Å². The van der Waals surface area contributed by atoms with Crippen LogP contribution >= 0.6 is 0 Å². The first-order valence-electron chi connectivity index (χ1n) is 11.0. The summed E-state index contributed by atoms with van der Waals surface area (Å²) in [6.45, 7) is 2.52. The first kappa shape index (κ1) is 23.1. The van der Waals surface area contributed by atoms with Crippen molar-refractivity contribution in [2.75, 3.05) is 13.1 Å². The van der Waals surface area contributed by atoms with Crippen molar-refractivity contribution in [3.63, 3.8) is 0 Å². The maximum Gasteiger partial charge on any atom is 0.243 e. The summed E-state index contributed by atoms with van der Waals surface area (Å²) >= 11 is 0. The maximum absolute atomic E-state index is 13.2. The first-order valence-corrected chi connectivity index (χ1v) is 12.5. The van der Waals surface area contributed by atoms with Gasteiger partial charge in [0.15, 0.2) is 0 Å². The van der Waals surface area contributed by atoms with E-state index >= 15 is 0 Å². The Morgan fingerprint density at radius 2 is 1.55 bits per heavy atom. The van der Waals surface area contributed by atoms with Gasteiger partial charge in [-0.15, -0.1) is 0 Å². The minimum atomic E-state index is -3.71. The third-order valence-electron chi connectivity index (χ3n) is 6.20. The van der Waals surface area contributed by atoms with Gasteiger partial charge in [0, 0.05) is 19.0 Å². The van der Waals surface area contributed by atoms with E-state index in [2.05, 4.69) is 5.32 Å². The largest absolute Gasteiger partial charge is 0.345 e. The molecule has 0 radical (unpaired) electrons. The van der Waals surface area contributed by atoms with Gasteiger partial charge in [-0.3, -0.25) is 4.79 Å². The minimum absolute atomic E-state index is 0.0653. The number of carbonyl (C=O) groups excluding carboxylic acids is 1. The standard InChI is InChI=1S/C26H27FN2O3S/c1-19-7-5-6-10-24(19)25(20-8-3-2-4-9-20)28-26(30)21-15-17-29(18-16-21)33(31,32)23-13-11-22(27)12-14-23/h2-14,21,25H,15-18H2,1H3,(H,28,30)/t25-/m1/s1. The fourth-order valence-corrected chi connectivity index (χ4v) is 5.74. The lowest BCUT2D eigenvalue weighted by molar-refractivity contribution is -0.126. The highest BCUT2D eigenvalue weighted by Gasteiger charge is 2.33. The minimum Gasteiger partial charge on any atom is -0.345 e. The lowest BCUT2D eigenvalue weighted by atomic mass is 9.92. The molecule has 0 saturated carbocycles. The number of rotatable bonds is 6. The van der Waals surface area contributed by atoms with Gasteiger partial charge in [-0.1, -0.05) is 54.6 Å². The molecule has 3 aromatic rings. The number of halogens is 1. The van der Waals surface area contributed by atoms with Crippen molar-refractivity contribution >= 4 is 15.9 Å². The number of hydrogen-bond acceptors (Lipinski definition) is 3. The average Bonchev–Trinajstić information content (AvgIpc) is 2.84. The number of nitrogens with one attached hydrogen (secondary N) is 1. The smallest absolute Gasteiger partial charge is 0.243 e. The van der Waals surface area contributed by atoms with E-state index < -0.39 is 15.8 Å². The van der Waals surface area contributed by atoms with Gasteiger partial charge in [-0.2, -0.15) is 4.31 Å². The molecule has 0 aliphatic carbocycles. The van der Waals surface area contributed by atoms with Crippen LogP contribution in [0.25, 0.3) is 0 Å². The summed E-state index contributed by atoms with van der Waals surface area (Å²) in [6.07, 6.45) is 0.864. The molecule has 1 N–H and O–H groups in total. The second kappa shape index (κ2) is 9.85. The molecular formula is C26H27FN2O3S. The Hall–Kier alpha value is -3.03. The maximum atomic E-state index is 13.2. The molecule has 1 fully saturated rings.